The van der Waals surface area contributed by atoms with Crippen LogP contribution in [0.5, 0.6) is 0 Å². The fraction of sp³-hybridized carbons (Fsp3) is 0.833. The second kappa shape index (κ2) is 4.94. The third-order valence-corrected chi connectivity index (χ3v) is 3.47. The second-order valence-corrected chi connectivity index (χ2v) is 4.41. The Kier molecular flexibility index (Phi) is 3.60. The van der Waals surface area contributed by atoms with Gasteiger partial charge in [0.1, 0.15) is 0 Å². The summed E-state index contributed by atoms with van der Waals surface area (Å²) < 4.78 is 5.46. The molecule has 2 atom stereocenters. The van der Waals surface area contributed by atoms with Gasteiger partial charge in [0.25, 0.3) is 0 Å². The lowest BCUT2D eigenvalue weighted by atomic mass is 9.86. The average molecular weight is 195 g/mol. The topological polar surface area (TPSA) is 21.3 Å². The van der Waals surface area contributed by atoms with Crippen LogP contribution in [0, 0.1) is 5.92 Å². The molecule has 14 heavy (non-hydrogen) atoms. The van der Waals surface area contributed by atoms with Crippen molar-refractivity contribution in [1.82, 2.24) is 5.32 Å². The molecule has 1 aliphatic carbocycles. The van der Waals surface area contributed by atoms with Crippen LogP contribution in [-0.4, -0.2) is 26.3 Å². The second-order valence-electron chi connectivity index (χ2n) is 4.41. The van der Waals surface area contributed by atoms with Crippen LogP contribution in [0.4, 0.5) is 0 Å². The molecule has 1 saturated heterocycles. The molecule has 2 unspecified atom stereocenters. The molecule has 1 fully saturated rings. The van der Waals surface area contributed by atoms with Crippen molar-refractivity contribution in [2.45, 2.75) is 38.1 Å². The van der Waals surface area contributed by atoms with Gasteiger partial charge in [-0.05, 0) is 39.2 Å². The monoisotopic (exact) mass is 195 g/mol. The van der Waals surface area contributed by atoms with Crippen molar-refractivity contribution in [2.75, 3.05) is 20.3 Å². The molecule has 0 aromatic carbocycles. The Morgan fingerprint density at radius 2 is 2.43 bits per heavy atom. The van der Waals surface area contributed by atoms with E-state index in [1.165, 1.54) is 32.1 Å². The maximum atomic E-state index is 5.46. The van der Waals surface area contributed by atoms with Crippen LogP contribution >= 0.6 is 0 Å². The highest BCUT2D eigenvalue weighted by Gasteiger charge is 2.27. The number of allylic oxidation sites excluding steroid dienone is 1. The smallest absolute Gasteiger partial charge is 0.0513 e. The van der Waals surface area contributed by atoms with Crippen LogP contribution in [0.3, 0.4) is 0 Å². The zero-order valence-electron chi connectivity index (χ0n) is 9.09. The van der Waals surface area contributed by atoms with E-state index in [4.69, 9.17) is 4.74 Å². The average Bonchev–Trinajstić information content (AvgIpc) is 2.74. The zero-order valence-corrected chi connectivity index (χ0v) is 9.09. The maximum Gasteiger partial charge on any atom is 0.0513 e. The highest BCUT2D eigenvalue weighted by molar-refractivity contribution is 5.15. The Morgan fingerprint density at radius 3 is 3.00 bits per heavy atom. The third-order valence-electron chi connectivity index (χ3n) is 3.47. The minimum absolute atomic E-state index is 0.581. The van der Waals surface area contributed by atoms with Crippen molar-refractivity contribution in [3.63, 3.8) is 0 Å². The van der Waals surface area contributed by atoms with Crippen molar-refractivity contribution in [3.05, 3.63) is 11.6 Å². The number of rotatable bonds is 3. The Morgan fingerprint density at radius 1 is 1.50 bits per heavy atom. The van der Waals surface area contributed by atoms with E-state index < -0.39 is 0 Å². The summed E-state index contributed by atoms with van der Waals surface area (Å²) in [6.07, 6.45) is 8.99. The zero-order chi connectivity index (χ0) is 9.80. The maximum absolute atomic E-state index is 5.46. The van der Waals surface area contributed by atoms with Gasteiger partial charge >= 0.3 is 0 Å². The number of hydrogen-bond acceptors (Lipinski definition) is 2. The van der Waals surface area contributed by atoms with Crippen LogP contribution in [0.15, 0.2) is 11.6 Å². The number of ether oxygens (including phenoxy) is 1. The summed E-state index contributed by atoms with van der Waals surface area (Å²) in [7, 11) is 2.08. The van der Waals surface area contributed by atoms with E-state index in [0.717, 1.165) is 13.2 Å². The van der Waals surface area contributed by atoms with Crippen LogP contribution < -0.4 is 5.32 Å². The van der Waals surface area contributed by atoms with Gasteiger partial charge in [0.05, 0.1) is 6.61 Å². The van der Waals surface area contributed by atoms with Crippen molar-refractivity contribution in [3.8, 4) is 0 Å². The Balaban J connectivity index is 1.99. The first-order valence-electron chi connectivity index (χ1n) is 5.86. The fourth-order valence-electron chi connectivity index (χ4n) is 2.68. The normalized spacial score (nSPS) is 30.1. The van der Waals surface area contributed by atoms with Crippen LogP contribution in [0.25, 0.3) is 0 Å². The van der Waals surface area contributed by atoms with Gasteiger partial charge in [-0.2, -0.15) is 0 Å². The predicted molar refractivity (Wildman–Crippen MR) is 58.3 cm³/mol. The lowest BCUT2D eigenvalue weighted by Crippen LogP contribution is -2.36. The third kappa shape index (κ3) is 2.18. The highest BCUT2D eigenvalue weighted by atomic mass is 16.5. The van der Waals surface area contributed by atoms with Gasteiger partial charge in [0, 0.05) is 18.6 Å². The SMILES string of the molecule is CNC(C1=CCCCC1)C1CCOC1. The molecule has 0 saturated carbocycles. The molecule has 0 aromatic rings. The number of likely N-dealkylation sites (N-methyl/N-ethyl adjacent to an activating group) is 1. The Hall–Kier alpha value is -0.340. The highest BCUT2D eigenvalue weighted by Crippen LogP contribution is 2.27. The minimum Gasteiger partial charge on any atom is -0.381 e. The lowest BCUT2D eigenvalue weighted by molar-refractivity contribution is 0.180. The summed E-state index contributed by atoms with van der Waals surface area (Å²) >= 11 is 0. The quantitative estimate of drug-likeness (QED) is 0.696. The van der Waals surface area contributed by atoms with Crippen LogP contribution in [0.1, 0.15) is 32.1 Å². The van der Waals surface area contributed by atoms with E-state index >= 15 is 0 Å². The first kappa shape index (κ1) is 10.2. The molecule has 0 spiro atoms. The van der Waals surface area contributed by atoms with Gasteiger partial charge in [-0.3, -0.25) is 0 Å². The molecule has 0 amide bonds. The summed E-state index contributed by atoms with van der Waals surface area (Å²) in [4.78, 5) is 0. The van der Waals surface area contributed by atoms with Crippen molar-refractivity contribution < 1.29 is 4.74 Å². The molecule has 0 radical (unpaired) electrons. The molecule has 1 N–H and O–H groups in total. The van der Waals surface area contributed by atoms with E-state index in [1.807, 2.05) is 0 Å². The van der Waals surface area contributed by atoms with Crippen LogP contribution in [-0.2, 0) is 4.74 Å². The first-order valence-corrected chi connectivity index (χ1v) is 5.86. The van der Waals surface area contributed by atoms with Gasteiger partial charge in [-0.1, -0.05) is 11.6 Å². The Labute approximate surface area is 86.7 Å². The van der Waals surface area contributed by atoms with E-state index in [2.05, 4.69) is 18.4 Å². The molecule has 0 aromatic heterocycles. The first-order chi connectivity index (χ1) is 6.92. The van der Waals surface area contributed by atoms with Gasteiger partial charge in [0.2, 0.25) is 0 Å². The summed E-state index contributed by atoms with van der Waals surface area (Å²) in [6, 6.07) is 0.581. The molecule has 2 nitrogen and oxygen atoms in total. The molecule has 80 valence electrons. The van der Waals surface area contributed by atoms with Crippen LogP contribution in [0.2, 0.25) is 0 Å². The van der Waals surface area contributed by atoms with Gasteiger partial charge in [-0.25, -0.2) is 0 Å². The van der Waals surface area contributed by atoms with Gasteiger partial charge in [-0.15, -0.1) is 0 Å². The van der Waals surface area contributed by atoms with E-state index in [-0.39, 0.29) is 0 Å². The summed E-state index contributed by atoms with van der Waals surface area (Å²) in [5.41, 5.74) is 1.63. The van der Waals surface area contributed by atoms with E-state index in [0.29, 0.717) is 12.0 Å². The van der Waals surface area contributed by atoms with Gasteiger partial charge in [0.15, 0.2) is 0 Å². The number of hydrogen-bond donors (Lipinski definition) is 1. The molecule has 1 heterocycles. The minimum atomic E-state index is 0.581. The molecule has 2 rings (SSSR count). The fourth-order valence-corrected chi connectivity index (χ4v) is 2.68. The molecule has 1 aliphatic heterocycles. The molecular weight excluding hydrogens is 174 g/mol. The predicted octanol–water partition coefficient (Wildman–Crippen LogP) is 2.11. The van der Waals surface area contributed by atoms with Crippen molar-refractivity contribution >= 4 is 0 Å². The van der Waals surface area contributed by atoms with Gasteiger partial charge < -0.3 is 10.1 Å². The van der Waals surface area contributed by atoms with E-state index in [9.17, 15) is 0 Å². The largest absolute Gasteiger partial charge is 0.381 e. The summed E-state index contributed by atoms with van der Waals surface area (Å²) in [5.74, 6) is 0.712. The van der Waals surface area contributed by atoms with E-state index in [1.54, 1.807) is 5.57 Å². The molecule has 2 heteroatoms. The molecule has 0 bridgehead atoms. The molecule has 2 aliphatic rings. The molecular formula is C12H21NO. The van der Waals surface area contributed by atoms with Crippen molar-refractivity contribution in [2.24, 2.45) is 5.92 Å². The van der Waals surface area contributed by atoms with Crippen molar-refractivity contribution in [1.29, 1.82) is 0 Å². The number of nitrogens with one attached hydrogen (secondary N) is 1. The Bertz CT molecular complexity index is 206. The summed E-state index contributed by atoms with van der Waals surface area (Å²) in [5, 5.41) is 3.47. The summed E-state index contributed by atoms with van der Waals surface area (Å²) in [6.45, 7) is 1.90. The lowest BCUT2D eigenvalue weighted by Gasteiger charge is -2.27. The standard InChI is InChI=1S/C12H21NO/c1-13-12(11-7-8-14-9-11)10-5-3-2-4-6-10/h5,11-13H,2-4,6-9H2,1H3.